The lowest BCUT2D eigenvalue weighted by Gasteiger charge is -2.39. The van der Waals surface area contributed by atoms with Gasteiger partial charge in [-0.3, -0.25) is 4.79 Å². The molecule has 1 spiro atoms. The van der Waals surface area contributed by atoms with Gasteiger partial charge in [0.15, 0.2) is 0 Å². The van der Waals surface area contributed by atoms with Gasteiger partial charge in [0, 0.05) is 17.6 Å². The SMILES string of the molecule is O=C1CCC2(CCCCS2)CC1. The van der Waals surface area contributed by atoms with Crippen LogP contribution in [0.15, 0.2) is 0 Å². The molecule has 0 aromatic carbocycles. The summed E-state index contributed by atoms with van der Waals surface area (Å²) in [6, 6.07) is 0. The lowest BCUT2D eigenvalue weighted by molar-refractivity contribution is -0.120. The molecule has 1 saturated carbocycles. The molecular formula is C10H16OS. The van der Waals surface area contributed by atoms with E-state index in [4.69, 9.17) is 0 Å². The maximum atomic E-state index is 11.1. The highest BCUT2D eigenvalue weighted by molar-refractivity contribution is 8.00. The number of carbonyl (C=O) groups is 1. The van der Waals surface area contributed by atoms with Gasteiger partial charge in [0.25, 0.3) is 0 Å². The average molecular weight is 184 g/mol. The van der Waals surface area contributed by atoms with E-state index in [0.717, 1.165) is 25.7 Å². The first kappa shape index (κ1) is 8.61. The standard InChI is InChI=1S/C10H16OS/c11-9-3-6-10(7-4-9)5-1-2-8-12-10/h1-8H2. The van der Waals surface area contributed by atoms with Crippen LogP contribution in [0, 0.1) is 0 Å². The minimum atomic E-state index is 0.492. The molecule has 1 aliphatic heterocycles. The summed E-state index contributed by atoms with van der Waals surface area (Å²) in [4.78, 5) is 11.1. The lowest BCUT2D eigenvalue weighted by atomic mass is 9.84. The van der Waals surface area contributed by atoms with Crippen LogP contribution >= 0.6 is 11.8 Å². The Hall–Kier alpha value is 0.0200. The molecule has 0 aromatic rings. The van der Waals surface area contributed by atoms with Crippen molar-refractivity contribution in [2.75, 3.05) is 5.75 Å². The molecular weight excluding hydrogens is 168 g/mol. The summed E-state index contributed by atoms with van der Waals surface area (Å²) in [5.41, 5.74) is 0. The fraction of sp³-hybridized carbons (Fsp3) is 0.900. The van der Waals surface area contributed by atoms with E-state index in [1.807, 2.05) is 0 Å². The van der Waals surface area contributed by atoms with Crippen molar-refractivity contribution in [3.8, 4) is 0 Å². The van der Waals surface area contributed by atoms with E-state index in [-0.39, 0.29) is 0 Å². The van der Waals surface area contributed by atoms with E-state index >= 15 is 0 Å². The van der Waals surface area contributed by atoms with Gasteiger partial charge >= 0.3 is 0 Å². The van der Waals surface area contributed by atoms with Crippen LogP contribution in [0.4, 0.5) is 0 Å². The average Bonchev–Trinajstić information content (AvgIpc) is 2.13. The van der Waals surface area contributed by atoms with Crippen molar-refractivity contribution in [1.29, 1.82) is 0 Å². The van der Waals surface area contributed by atoms with E-state index < -0.39 is 0 Å². The molecule has 0 N–H and O–H groups in total. The molecule has 12 heavy (non-hydrogen) atoms. The van der Waals surface area contributed by atoms with Crippen LogP contribution in [-0.2, 0) is 4.79 Å². The molecule has 1 nitrogen and oxygen atoms in total. The summed E-state index contributed by atoms with van der Waals surface area (Å²) in [7, 11) is 0. The summed E-state index contributed by atoms with van der Waals surface area (Å²) in [6.45, 7) is 0. The van der Waals surface area contributed by atoms with Gasteiger partial charge in [0.05, 0.1) is 0 Å². The van der Waals surface area contributed by atoms with Gasteiger partial charge in [0.2, 0.25) is 0 Å². The zero-order valence-electron chi connectivity index (χ0n) is 7.47. The van der Waals surface area contributed by atoms with Gasteiger partial charge in [-0.1, -0.05) is 6.42 Å². The molecule has 0 radical (unpaired) electrons. The maximum absolute atomic E-state index is 11.1. The predicted octanol–water partition coefficient (Wildman–Crippen LogP) is 2.79. The normalized spacial score (nSPS) is 29.2. The Morgan fingerprint density at radius 1 is 1.08 bits per heavy atom. The Labute approximate surface area is 78.3 Å². The van der Waals surface area contributed by atoms with E-state index in [1.165, 1.54) is 25.0 Å². The molecule has 1 aliphatic carbocycles. The molecule has 2 aliphatic rings. The summed E-state index contributed by atoms with van der Waals surface area (Å²) >= 11 is 2.14. The molecule has 68 valence electrons. The second kappa shape index (κ2) is 3.41. The number of Topliss-reactive ketones (excluding diaryl/α,β-unsaturated/α-hetero) is 1. The van der Waals surface area contributed by atoms with Crippen LogP contribution in [-0.4, -0.2) is 16.3 Å². The van der Waals surface area contributed by atoms with Crippen molar-refractivity contribution in [3.63, 3.8) is 0 Å². The summed E-state index contributed by atoms with van der Waals surface area (Å²) in [5.74, 6) is 1.82. The van der Waals surface area contributed by atoms with E-state index in [9.17, 15) is 4.79 Å². The third-order valence-corrected chi connectivity index (χ3v) is 4.87. The van der Waals surface area contributed by atoms with Crippen LogP contribution in [0.1, 0.15) is 44.9 Å². The zero-order chi connectivity index (χ0) is 8.44. The minimum absolute atomic E-state index is 0.492. The van der Waals surface area contributed by atoms with Gasteiger partial charge in [-0.25, -0.2) is 0 Å². The Morgan fingerprint density at radius 2 is 1.83 bits per heavy atom. The van der Waals surface area contributed by atoms with Crippen molar-refractivity contribution >= 4 is 17.5 Å². The predicted molar refractivity (Wildman–Crippen MR) is 52.5 cm³/mol. The smallest absolute Gasteiger partial charge is 0.133 e. The Bertz CT molecular complexity index is 170. The third-order valence-electron chi connectivity index (χ3n) is 3.15. The molecule has 1 saturated heterocycles. The maximum Gasteiger partial charge on any atom is 0.133 e. The Balaban J connectivity index is 1.96. The number of thioether (sulfide) groups is 1. The van der Waals surface area contributed by atoms with Crippen molar-refractivity contribution in [2.45, 2.75) is 49.7 Å². The first-order valence-corrected chi connectivity index (χ1v) is 5.95. The summed E-state index contributed by atoms with van der Waals surface area (Å²) < 4.78 is 0.534. The van der Waals surface area contributed by atoms with E-state index in [1.54, 1.807) is 0 Å². The molecule has 0 atom stereocenters. The van der Waals surface area contributed by atoms with Gasteiger partial charge in [0.1, 0.15) is 5.78 Å². The summed E-state index contributed by atoms with van der Waals surface area (Å²) in [6.07, 6.45) is 8.18. The molecule has 0 amide bonds. The highest BCUT2D eigenvalue weighted by Crippen LogP contribution is 2.45. The van der Waals surface area contributed by atoms with E-state index in [0.29, 0.717) is 10.5 Å². The number of hydrogen-bond acceptors (Lipinski definition) is 2. The fourth-order valence-corrected chi connectivity index (χ4v) is 3.85. The van der Waals surface area contributed by atoms with Gasteiger partial charge in [-0.2, -0.15) is 11.8 Å². The minimum Gasteiger partial charge on any atom is -0.300 e. The number of rotatable bonds is 0. The molecule has 1 heterocycles. The molecule has 0 aromatic heterocycles. The zero-order valence-corrected chi connectivity index (χ0v) is 8.29. The second-order valence-corrected chi connectivity index (χ2v) is 5.59. The van der Waals surface area contributed by atoms with Crippen LogP contribution in [0.2, 0.25) is 0 Å². The van der Waals surface area contributed by atoms with Crippen LogP contribution in [0.5, 0.6) is 0 Å². The van der Waals surface area contributed by atoms with Gasteiger partial charge < -0.3 is 0 Å². The molecule has 0 unspecified atom stereocenters. The van der Waals surface area contributed by atoms with Crippen LogP contribution in [0.3, 0.4) is 0 Å². The molecule has 0 bridgehead atoms. The quantitative estimate of drug-likeness (QED) is 0.576. The van der Waals surface area contributed by atoms with Crippen molar-refractivity contribution < 1.29 is 4.79 Å². The van der Waals surface area contributed by atoms with Crippen LogP contribution < -0.4 is 0 Å². The highest BCUT2D eigenvalue weighted by Gasteiger charge is 2.36. The van der Waals surface area contributed by atoms with Crippen LogP contribution in [0.25, 0.3) is 0 Å². The first-order chi connectivity index (χ1) is 5.81. The topological polar surface area (TPSA) is 17.1 Å². The number of ketones is 1. The lowest BCUT2D eigenvalue weighted by Crippen LogP contribution is -2.33. The number of hydrogen-bond donors (Lipinski definition) is 0. The highest BCUT2D eigenvalue weighted by atomic mass is 32.2. The summed E-state index contributed by atoms with van der Waals surface area (Å²) in [5, 5.41) is 0. The molecule has 2 heteroatoms. The third kappa shape index (κ3) is 1.68. The Morgan fingerprint density at radius 3 is 2.42 bits per heavy atom. The van der Waals surface area contributed by atoms with Crippen molar-refractivity contribution in [2.24, 2.45) is 0 Å². The van der Waals surface area contributed by atoms with Crippen molar-refractivity contribution in [3.05, 3.63) is 0 Å². The monoisotopic (exact) mass is 184 g/mol. The van der Waals surface area contributed by atoms with Crippen molar-refractivity contribution in [1.82, 2.24) is 0 Å². The largest absolute Gasteiger partial charge is 0.300 e. The second-order valence-electron chi connectivity index (χ2n) is 4.03. The first-order valence-electron chi connectivity index (χ1n) is 4.96. The number of carbonyl (C=O) groups excluding carboxylic acids is 1. The fourth-order valence-electron chi connectivity index (χ4n) is 2.29. The molecule has 2 fully saturated rings. The molecule has 2 rings (SSSR count). The van der Waals surface area contributed by atoms with Gasteiger partial charge in [-0.05, 0) is 31.4 Å². The van der Waals surface area contributed by atoms with E-state index in [2.05, 4.69) is 11.8 Å². The Kier molecular flexibility index (Phi) is 2.44. The van der Waals surface area contributed by atoms with Gasteiger partial charge in [-0.15, -0.1) is 0 Å².